The molecular weight excluding hydrogens is 402 g/mol. The lowest BCUT2D eigenvalue weighted by Crippen LogP contribution is -2.08. The maximum Gasteiger partial charge on any atom is 0.194 e. The molecule has 2 aromatic rings. The van der Waals surface area contributed by atoms with Gasteiger partial charge in [0.05, 0.1) is 15.4 Å². The van der Waals surface area contributed by atoms with Crippen LogP contribution < -0.4 is 0 Å². The molecule has 0 radical (unpaired) electrons. The molecule has 0 aliphatic rings. The lowest BCUT2D eigenvalue weighted by molar-refractivity contribution is -0.138. The highest BCUT2D eigenvalue weighted by molar-refractivity contribution is 9.10. The van der Waals surface area contributed by atoms with Gasteiger partial charge in [0, 0.05) is 23.9 Å². The maximum absolute atomic E-state index is 5.67. The Balaban J connectivity index is 2.27. The maximum atomic E-state index is 5.67. The van der Waals surface area contributed by atoms with E-state index in [1.54, 1.807) is 0 Å². The zero-order chi connectivity index (χ0) is 15.9. The highest BCUT2D eigenvalue weighted by Crippen LogP contribution is 2.32. The molecule has 1 aromatic heterocycles. The number of hydrogen-bond acceptors (Lipinski definition) is 6. The van der Waals surface area contributed by atoms with Crippen molar-refractivity contribution < 1.29 is 9.47 Å². The predicted molar refractivity (Wildman–Crippen MR) is 100 cm³/mol. The second-order valence-corrected chi connectivity index (χ2v) is 8.36. The third-order valence-corrected chi connectivity index (χ3v) is 5.81. The molecule has 0 fully saturated rings. The van der Waals surface area contributed by atoms with Crippen LogP contribution >= 0.6 is 50.8 Å². The molecule has 118 valence electrons. The molecule has 0 saturated carbocycles. The van der Waals surface area contributed by atoms with Gasteiger partial charge in [-0.05, 0) is 38.1 Å². The summed E-state index contributed by atoms with van der Waals surface area (Å²) in [6.45, 7) is 5.08. The Hall–Kier alpha value is -0.440. The number of aliphatic imine (C=N–C) groups is 1. The average Bonchev–Trinajstić information content (AvgIpc) is 2.87. The standard InChI is InChI=1S/C15H16BrNO2S3/c1-3-18-14(19-4-2)13-12(21-15(20)22-13)9-17-11-7-5-10(16)6-8-11/h5-9,14H,3-4H2,1-2H3. The van der Waals surface area contributed by atoms with Crippen molar-refractivity contribution in [3.63, 3.8) is 0 Å². The first-order valence-corrected chi connectivity index (χ1v) is 9.64. The summed E-state index contributed by atoms with van der Waals surface area (Å²) in [6, 6.07) is 7.83. The molecule has 0 N–H and O–H groups in total. The number of nitrogens with zero attached hydrogens (tertiary/aromatic N) is 1. The Morgan fingerprint density at radius 2 is 1.82 bits per heavy atom. The average molecular weight is 418 g/mol. The van der Waals surface area contributed by atoms with E-state index in [0.29, 0.717) is 13.2 Å². The van der Waals surface area contributed by atoms with Gasteiger partial charge < -0.3 is 9.47 Å². The molecule has 3 nitrogen and oxygen atoms in total. The topological polar surface area (TPSA) is 30.8 Å². The normalized spacial score (nSPS) is 11.6. The monoisotopic (exact) mass is 417 g/mol. The summed E-state index contributed by atoms with van der Waals surface area (Å²) in [4.78, 5) is 6.48. The van der Waals surface area contributed by atoms with E-state index in [2.05, 4.69) is 20.9 Å². The van der Waals surface area contributed by atoms with E-state index in [9.17, 15) is 0 Å². The van der Waals surface area contributed by atoms with Crippen LogP contribution in [0.2, 0.25) is 0 Å². The van der Waals surface area contributed by atoms with E-state index >= 15 is 0 Å². The SMILES string of the molecule is CCOC(OCC)c1sc(=S)sc1C=Nc1ccc(Br)cc1. The lowest BCUT2D eigenvalue weighted by atomic mass is 10.3. The van der Waals surface area contributed by atoms with E-state index in [4.69, 9.17) is 21.7 Å². The highest BCUT2D eigenvalue weighted by atomic mass is 79.9. The third kappa shape index (κ3) is 5.04. The van der Waals surface area contributed by atoms with Crippen LogP contribution in [-0.2, 0) is 9.47 Å². The summed E-state index contributed by atoms with van der Waals surface area (Å²) >= 11 is 11.8. The van der Waals surface area contributed by atoms with E-state index in [1.165, 1.54) is 22.7 Å². The van der Waals surface area contributed by atoms with Gasteiger partial charge in [-0.2, -0.15) is 0 Å². The van der Waals surface area contributed by atoms with Gasteiger partial charge >= 0.3 is 0 Å². The lowest BCUT2D eigenvalue weighted by Gasteiger charge is -2.15. The second-order valence-electron chi connectivity index (χ2n) is 4.16. The summed E-state index contributed by atoms with van der Waals surface area (Å²) in [5.74, 6) is 0. The Labute approximate surface area is 151 Å². The molecule has 0 unspecified atom stereocenters. The molecule has 0 amide bonds. The fourth-order valence-corrected chi connectivity index (χ4v) is 4.52. The molecular formula is C15H16BrNO2S3. The molecule has 7 heteroatoms. The van der Waals surface area contributed by atoms with Gasteiger partial charge in [0.15, 0.2) is 6.29 Å². The van der Waals surface area contributed by atoms with Crippen LogP contribution in [-0.4, -0.2) is 19.4 Å². The second kappa shape index (κ2) is 9.00. The van der Waals surface area contributed by atoms with Gasteiger partial charge in [-0.15, -0.1) is 22.7 Å². The summed E-state index contributed by atoms with van der Waals surface area (Å²) in [7, 11) is 0. The Kier molecular flexibility index (Phi) is 7.33. The van der Waals surface area contributed by atoms with Gasteiger partial charge in [-0.3, -0.25) is 4.99 Å². The van der Waals surface area contributed by atoms with Crippen molar-refractivity contribution in [3.8, 4) is 0 Å². The first-order valence-electron chi connectivity index (χ1n) is 6.80. The van der Waals surface area contributed by atoms with E-state index < -0.39 is 0 Å². The van der Waals surface area contributed by atoms with Crippen LogP contribution in [0, 0.1) is 3.14 Å². The van der Waals surface area contributed by atoms with Crippen LogP contribution in [0.5, 0.6) is 0 Å². The van der Waals surface area contributed by atoms with Gasteiger partial charge in [-0.1, -0.05) is 28.1 Å². The minimum atomic E-state index is -0.376. The Morgan fingerprint density at radius 1 is 1.18 bits per heavy atom. The number of hydrogen-bond donors (Lipinski definition) is 0. The first-order chi connectivity index (χ1) is 10.6. The minimum Gasteiger partial charge on any atom is -0.348 e. The van der Waals surface area contributed by atoms with Crippen LogP contribution in [0.25, 0.3) is 0 Å². The van der Waals surface area contributed by atoms with E-state index in [1.807, 2.05) is 44.3 Å². The molecule has 1 aromatic carbocycles. The van der Waals surface area contributed by atoms with E-state index in [0.717, 1.165) is 23.1 Å². The van der Waals surface area contributed by atoms with Crippen molar-refractivity contribution in [2.75, 3.05) is 13.2 Å². The van der Waals surface area contributed by atoms with Gasteiger partial charge in [-0.25, -0.2) is 0 Å². The van der Waals surface area contributed by atoms with Crippen molar-refractivity contribution in [2.45, 2.75) is 20.1 Å². The number of ether oxygens (including phenoxy) is 2. The van der Waals surface area contributed by atoms with Gasteiger partial charge in [0.2, 0.25) is 0 Å². The van der Waals surface area contributed by atoms with Gasteiger partial charge in [0.25, 0.3) is 0 Å². The smallest absolute Gasteiger partial charge is 0.194 e. The van der Waals surface area contributed by atoms with Crippen LogP contribution in [0.4, 0.5) is 5.69 Å². The molecule has 0 bridgehead atoms. The molecule has 0 spiro atoms. The molecule has 22 heavy (non-hydrogen) atoms. The Morgan fingerprint density at radius 3 is 2.41 bits per heavy atom. The third-order valence-electron chi connectivity index (χ3n) is 2.64. The molecule has 2 rings (SSSR count). The largest absolute Gasteiger partial charge is 0.348 e. The van der Waals surface area contributed by atoms with Crippen molar-refractivity contribution in [1.29, 1.82) is 0 Å². The van der Waals surface area contributed by atoms with Crippen molar-refractivity contribution in [3.05, 3.63) is 41.6 Å². The van der Waals surface area contributed by atoms with Crippen molar-refractivity contribution in [2.24, 2.45) is 4.99 Å². The van der Waals surface area contributed by atoms with Gasteiger partial charge in [0.1, 0.15) is 3.14 Å². The van der Waals surface area contributed by atoms with Crippen LogP contribution in [0.1, 0.15) is 29.9 Å². The summed E-state index contributed by atoms with van der Waals surface area (Å²) in [6.07, 6.45) is 1.46. The summed E-state index contributed by atoms with van der Waals surface area (Å²) in [5, 5.41) is 0. The van der Waals surface area contributed by atoms with Crippen molar-refractivity contribution >= 4 is 62.7 Å². The van der Waals surface area contributed by atoms with Crippen molar-refractivity contribution in [1.82, 2.24) is 0 Å². The Bertz CT molecular complexity index is 673. The zero-order valence-corrected chi connectivity index (χ0v) is 16.3. The molecule has 0 saturated heterocycles. The molecule has 0 aliphatic heterocycles. The quantitative estimate of drug-likeness (QED) is 0.308. The molecule has 0 atom stereocenters. The van der Waals surface area contributed by atoms with Crippen LogP contribution in [0.3, 0.4) is 0 Å². The summed E-state index contributed by atoms with van der Waals surface area (Å²) < 4.78 is 13.2. The predicted octanol–water partition coefficient (Wildman–Crippen LogP) is 6.12. The highest BCUT2D eigenvalue weighted by Gasteiger charge is 2.18. The minimum absolute atomic E-state index is 0.376. The van der Waals surface area contributed by atoms with E-state index in [-0.39, 0.29) is 6.29 Å². The van der Waals surface area contributed by atoms with Crippen LogP contribution in [0.15, 0.2) is 33.7 Å². The number of rotatable bonds is 7. The molecule has 1 heterocycles. The summed E-state index contributed by atoms with van der Waals surface area (Å²) in [5.41, 5.74) is 0.892. The fourth-order valence-electron chi connectivity index (χ4n) is 1.72. The number of benzene rings is 1. The molecule has 0 aliphatic carbocycles. The first kappa shape index (κ1) is 17.9. The number of halogens is 1. The zero-order valence-electron chi connectivity index (χ0n) is 12.2. The fraction of sp³-hybridized carbons (Fsp3) is 0.333.